The lowest BCUT2D eigenvalue weighted by Gasteiger charge is -2.10. The van der Waals surface area contributed by atoms with E-state index < -0.39 is 5.76 Å². The second-order valence-corrected chi connectivity index (χ2v) is 6.69. The predicted octanol–water partition coefficient (Wildman–Crippen LogP) is 3.70. The number of hydrogen-bond acceptors (Lipinski definition) is 5. The molecular weight excluding hydrogens is 358 g/mol. The normalized spacial score (nSPS) is 11.1. The Hall–Kier alpha value is -3.61. The van der Waals surface area contributed by atoms with Crippen LogP contribution < -0.4 is 5.76 Å². The van der Waals surface area contributed by atoms with Gasteiger partial charge in [-0.15, -0.1) is 5.10 Å². The van der Waals surface area contributed by atoms with E-state index in [1.54, 1.807) is 12.1 Å². The van der Waals surface area contributed by atoms with Gasteiger partial charge in [-0.25, -0.2) is 4.79 Å². The molecule has 3 heterocycles. The summed E-state index contributed by atoms with van der Waals surface area (Å²) in [5.74, 6) is -0.534. The highest BCUT2D eigenvalue weighted by molar-refractivity contribution is 5.97. The Kier molecular flexibility index (Phi) is 4.35. The molecule has 0 saturated heterocycles. The average molecular weight is 377 g/mol. The molecule has 0 radical (unpaired) electrons. The van der Waals surface area contributed by atoms with E-state index >= 15 is 0 Å². The lowest BCUT2D eigenvalue weighted by atomic mass is 10.1. The van der Waals surface area contributed by atoms with Crippen molar-refractivity contribution in [3.8, 4) is 17.3 Å². The van der Waals surface area contributed by atoms with E-state index in [0.29, 0.717) is 11.3 Å². The summed E-state index contributed by atoms with van der Waals surface area (Å²) in [6.45, 7) is 5.66. The Balaban J connectivity index is 1.64. The second-order valence-electron chi connectivity index (χ2n) is 6.69. The summed E-state index contributed by atoms with van der Waals surface area (Å²) in [4.78, 5) is 24.9. The monoisotopic (exact) mass is 377 g/mol. The minimum Gasteiger partial charge on any atom is -0.459 e. The highest BCUT2D eigenvalue weighted by atomic mass is 16.4. The van der Waals surface area contributed by atoms with Gasteiger partial charge in [-0.3, -0.25) is 4.79 Å². The molecule has 0 fully saturated rings. The summed E-state index contributed by atoms with van der Waals surface area (Å²) in [6, 6.07) is 13.2. The molecule has 0 unspecified atom stereocenters. The molecule has 4 aromatic rings. The van der Waals surface area contributed by atoms with Gasteiger partial charge in [-0.1, -0.05) is 17.7 Å². The molecule has 0 atom stereocenters. The Bertz CT molecular complexity index is 1190. The van der Waals surface area contributed by atoms with Crippen molar-refractivity contribution in [2.75, 3.05) is 0 Å². The number of furan rings is 1. The van der Waals surface area contributed by atoms with Gasteiger partial charge in [0.15, 0.2) is 11.5 Å². The number of ketones is 1. The van der Waals surface area contributed by atoms with Crippen molar-refractivity contribution in [2.45, 2.75) is 27.3 Å². The standard InChI is InChI=1S/C21H19N3O4/c1-13-6-8-16(9-7-13)24-14(2)11-17(15(24)3)18(25)12-23-21(26)28-20(22-23)19-5-4-10-27-19/h4-11H,12H2,1-3H3. The first-order valence-electron chi connectivity index (χ1n) is 8.85. The minimum absolute atomic E-state index is 0.0490. The summed E-state index contributed by atoms with van der Waals surface area (Å²) in [6.07, 6.45) is 1.46. The molecule has 0 spiro atoms. The summed E-state index contributed by atoms with van der Waals surface area (Å²) in [5.41, 5.74) is 4.45. The van der Waals surface area contributed by atoms with E-state index in [-0.39, 0.29) is 18.2 Å². The maximum absolute atomic E-state index is 12.9. The first-order chi connectivity index (χ1) is 13.4. The molecule has 1 aromatic carbocycles. The molecule has 0 aliphatic heterocycles. The number of carbonyl (C=O) groups excluding carboxylic acids is 1. The second kappa shape index (κ2) is 6.84. The Labute approximate surface area is 160 Å². The maximum atomic E-state index is 12.9. The molecule has 7 nitrogen and oxygen atoms in total. The van der Waals surface area contributed by atoms with Crippen molar-refractivity contribution in [3.63, 3.8) is 0 Å². The average Bonchev–Trinajstić information content (AvgIpc) is 3.37. The fraction of sp³-hybridized carbons (Fsp3) is 0.190. The molecule has 0 bridgehead atoms. The summed E-state index contributed by atoms with van der Waals surface area (Å²) in [5, 5.41) is 4.06. The molecule has 7 heteroatoms. The molecule has 3 aromatic heterocycles. The van der Waals surface area contributed by atoms with Gasteiger partial charge < -0.3 is 13.4 Å². The number of nitrogens with zero attached hydrogens (tertiary/aromatic N) is 3. The molecule has 0 saturated carbocycles. The summed E-state index contributed by atoms with van der Waals surface area (Å²) in [7, 11) is 0. The molecule has 142 valence electrons. The number of benzene rings is 1. The van der Waals surface area contributed by atoms with E-state index in [9.17, 15) is 9.59 Å². The van der Waals surface area contributed by atoms with Gasteiger partial charge in [0.25, 0.3) is 5.89 Å². The summed E-state index contributed by atoms with van der Waals surface area (Å²) >= 11 is 0. The third kappa shape index (κ3) is 3.11. The third-order valence-corrected chi connectivity index (χ3v) is 4.66. The first-order valence-corrected chi connectivity index (χ1v) is 8.85. The van der Waals surface area contributed by atoms with Gasteiger partial charge in [0.05, 0.1) is 6.26 Å². The van der Waals surface area contributed by atoms with E-state index in [4.69, 9.17) is 8.83 Å². The zero-order valence-corrected chi connectivity index (χ0v) is 15.8. The van der Waals surface area contributed by atoms with Gasteiger partial charge in [0.2, 0.25) is 0 Å². The van der Waals surface area contributed by atoms with Gasteiger partial charge in [0, 0.05) is 22.6 Å². The zero-order chi connectivity index (χ0) is 19.8. The van der Waals surface area contributed by atoms with Crippen LogP contribution in [0, 0.1) is 20.8 Å². The number of aromatic nitrogens is 3. The smallest absolute Gasteiger partial charge is 0.437 e. The Morgan fingerprint density at radius 2 is 1.86 bits per heavy atom. The van der Waals surface area contributed by atoms with Crippen LogP contribution in [0.2, 0.25) is 0 Å². The lowest BCUT2D eigenvalue weighted by molar-refractivity contribution is 0.0964. The van der Waals surface area contributed by atoms with Crippen LogP contribution in [0.3, 0.4) is 0 Å². The number of rotatable bonds is 5. The highest BCUT2D eigenvalue weighted by Crippen LogP contribution is 2.22. The SMILES string of the molecule is Cc1ccc(-n2c(C)cc(C(=O)Cn3nc(-c4ccco4)oc3=O)c2C)cc1. The van der Waals surface area contributed by atoms with E-state index in [2.05, 4.69) is 5.10 Å². The predicted molar refractivity (Wildman–Crippen MR) is 103 cm³/mol. The Morgan fingerprint density at radius 1 is 1.11 bits per heavy atom. The number of hydrogen-bond donors (Lipinski definition) is 0. The fourth-order valence-corrected chi connectivity index (χ4v) is 3.26. The quantitative estimate of drug-likeness (QED) is 0.495. The molecule has 0 amide bonds. The van der Waals surface area contributed by atoms with Crippen LogP contribution >= 0.6 is 0 Å². The topological polar surface area (TPSA) is 83.2 Å². The minimum atomic E-state index is -0.702. The van der Waals surface area contributed by atoms with Gasteiger partial charge in [0.1, 0.15) is 6.54 Å². The van der Waals surface area contributed by atoms with Crippen molar-refractivity contribution in [1.29, 1.82) is 0 Å². The first kappa shape index (κ1) is 17.8. The van der Waals surface area contributed by atoms with Crippen LogP contribution in [-0.2, 0) is 6.54 Å². The van der Waals surface area contributed by atoms with Crippen molar-refractivity contribution >= 4 is 5.78 Å². The van der Waals surface area contributed by atoms with Gasteiger partial charge in [-0.05, 0) is 51.1 Å². The molecule has 0 N–H and O–H groups in total. The Morgan fingerprint density at radius 3 is 2.54 bits per heavy atom. The van der Waals surface area contributed by atoms with Crippen molar-refractivity contribution < 1.29 is 13.6 Å². The van der Waals surface area contributed by atoms with Crippen LogP contribution in [0.4, 0.5) is 0 Å². The van der Waals surface area contributed by atoms with Crippen molar-refractivity contribution in [2.24, 2.45) is 0 Å². The molecule has 0 aliphatic carbocycles. The van der Waals surface area contributed by atoms with Crippen molar-refractivity contribution in [1.82, 2.24) is 14.3 Å². The molecule has 28 heavy (non-hydrogen) atoms. The number of Topliss-reactive ketones (excluding diaryl/α,β-unsaturated/α-hetero) is 1. The van der Waals surface area contributed by atoms with Crippen LogP contribution in [0.15, 0.2) is 62.4 Å². The molecule has 4 rings (SSSR count). The van der Waals surface area contributed by atoms with Crippen LogP contribution in [0.1, 0.15) is 27.3 Å². The van der Waals surface area contributed by atoms with Crippen molar-refractivity contribution in [3.05, 3.63) is 81.8 Å². The van der Waals surface area contributed by atoms with Crippen LogP contribution in [0.25, 0.3) is 17.3 Å². The van der Waals surface area contributed by atoms with E-state index in [1.165, 1.54) is 11.8 Å². The third-order valence-electron chi connectivity index (χ3n) is 4.66. The molecule has 0 aliphatic rings. The maximum Gasteiger partial charge on any atom is 0.437 e. The van der Waals surface area contributed by atoms with Gasteiger partial charge >= 0.3 is 5.76 Å². The van der Waals surface area contributed by atoms with Crippen LogP contribution in [0.5, 0.6) is 0 Å². The largest absolute Gasteiger partial charge is 0.459 e. The molecular formula is C21H19N3O4. The number of carbonyl (C=O) groups is 1. The van der Waals surface area contributed by atoms with Gasteiger partial charge in [-0.2, -0.15) is 4.68 Å². The number of aryl methyl sites for hydroxylation is 2. The highest BCUT2D eigenvalue weighted by Gasteiger charge is 2.20. The fourth-order valence-electron chi connectivity index (χ4n) is 3.26. The summed E-state index contributed by atoms with van der Waals surface area (Å²) < 4.78 is 13.3. The zero-order valence-electron chi connectivity index (χ0n) is 15.8. The lowest BCUT2D eigenvalue weighted by Crippen LogP contribution is -2.21. The van der Waals surface area contributed by atoms with E-state index in [0.717, 1.165) is 21.8 Å². The van der Waals surface area contributed by atoms with E-state index in [1.807, 2.05) is 55.7 Å². The van der Waals surface area contributed by atoms with Crippen LogP contribution in [-0.4, -0.2) is 20.1 Å².